The molecule has 34 heavy (non-hydrogen) atoms. The van der Waals surface area contributed by atoms with Crippen LogP contribution >= 0.6 is 0 Å². The molecule has 2 atom stereocenters. The van der Waals surface area contributed by atoms with Gasteiger partial charge in [-0.05, 0) is 69.0 Å². The van der Waals surface area contributed by atoms with Gasteiger partial charge in [0.1, 0.15) is 0 Å². The number of carbonyl (C=O) groups is 3. The highest BCUT2D eigenvalue weighted by atomic mass is 19.3. The molecular weight excluding hydrogens is 442 g/mol. The first-order valence-electron chi connectivity index (χ1n) is 11.3. The summed E-state index contributed by atoms with van der Waals surface area (Å²) in [6.07, 6.45) is 0.935. The van der Waals surface area contributed by atoms with Crippen LogP contribution in [-0.2, 0) is 20.8 Å². The molecule has 1 aromatic carbocycles. The number of halogens is 2. The Morgan fingerprint density at radius 3 is 2.68 bits per heavy atom. The van der Waals surface area contributed by atoms with Gasteiger partial charge >= 0.3 is 11.8 Å². The molecule has 0 bridgehead atoms. The average molecular weight is 473 g/mol. The second-order valence-electron chi connectivity index (χ2n) is 8.90. The minimum absolute atomic E-state index is 0.0208. The van der Waals surface area contributed by atoms with E-state index in [2.05, 4.69) is 22.3 Å². The highest BCUT2D eigenvalue weighted by molar-refractivity contribution is 6.35. The molecular formula is C25H30F2N4O3. The Balaban J connectivity index is 1.81. The summed E-state index contributed by atoms with van der Waals surface area (Å²) in [6.45, 7) is 8.53. The molecule has 0 aliphatic carbocycles. The van der Waals surface area contributed by atoms with Crippen LogP contribution in [-0.4, -0.2) is 42.3 Å². The molecule has 0 radical (unpaired) electrons. The van der Waals surface area contributed by atoms with E-state index >= 15 is 0 Å². The van der Waals surface area contributed by atoms with Crippen molar-refractivity contribution >= 4 is 30.1 Å². The van der Waals surface area contributed by atoms with Gasteiger partial charge in [-0.25, -0.2) is 8.78 Å². The first-order valence-corrected chi connectivity index (χ1v) is 11.3. The topological polar surface area (TPSA) is 90.9 Å². The summed E-state index contributed by atoms with van der Waals surface area (Å²) in [6, 6.07) is 5.41. The monoisotopic (exact) mass is 472 g/mol. The van der Waals surface area contributed by atoms with Crippen LogP contribution in [0.3, 0.4) is 0 Å². The summed E-state index contributed by atoms with van der Waals surface area (Å²) in [4.78, 5) is 42.6. The number of anilines is 1. The van der Waals surface area contributed by atoms with Crippen molar-refractivity contribution in [1.29, 1.82) is 0 Å². The number of rotatable bonds is 5. The van der Waals surface area contributed by atoms with Crippen molar-refractivity contribution in [2.24, 2.45) is 10.9 Å². The molecule has 2 aliphatic heterocycles. The minimum atomic E-state index is -2.80. The van der Waals surface area contributed by atoms with E-state index in [1.54, 1.807) is 4.90 Å². The predicted molar refractivity (Wildman–Crippen MR) is 126 cm³/mol. The van der Waals surface area contributed by atoms with Crippen LogP contribution in [0.25, 0.3) is 0 Å². The van der Waals surface area contributed by atoms with Crippen molar-refractivity contribution in [2.45, 2.75) is 58.9 Å². The Kier molecular flexibility index (Phi) is 7.96. The first-order chi connectivity index (χ1) is 16.1. The van der Waals surface area contributed by atoms with Crippen LogP contribution in [0.4, 0.5) is 14.5 Å². The lowest BCUT2D eigenvalue weighted by Crippen LogP contribution is -2.48. The number of nitrogens with one attached hydrogen (secondary N) is 2. The normalized spacial score (nSPS) is 21.4. The summed E-state index contributed by atoms with van der Waals surface area (Å²) in [5.41, 5.74) is 2.47. The highest BCUT2D eigenvalue weighted by Gasteiger charge is 2.34. The van der Waals surface area contributed by atoms with Crippen molar-refractivity contribution in [3.8, 4) is 0 Å². The Bertz CT molecular complexity index is 1060. The van der Waals surface area contributed by atoms with Gasteiger partial charge in [0.2, 0.25) is 5.91 Å². The third-order valence-electron chi connectivity index (χ3n) is 6.25. The Morgan fingerprint density at radius 1 is 1.26 bits per heavy atom. The van der Waals surface area contributed by atoms with Gasteiger partial charge in [-0.3, -0.25) is 19.4 Å². The van der Waals surface area contributed by atoms with Gasteiger partial charge in [0, 0.05) is 35.6 Å². The molecule has 0 unspecified atom stereocenters. The van der Waals surface area contributed by atoms with Crippen molar-refractivity contribution in [3.05, 3.63) is 52.4 Å². The second kappa shape index (κ2) is 10.7. The lowest BCUT2D eigenvalue weighted by molar-refractivity contribution is -0.148. The summed E-state index contributed by atoms with van der Waals surface area (Å²) in [7, 11) is 0. The van der Waals surface area contributed by atoms with Crippen molar-refractivity contribution < 1.29 is 23.2 Å². The number of carbonyl (C=O) groups excluding carboxylic acids is 3. The third kappa shape index (κ3) is 5.76. The zero-order valence-corrected chi connectivity index (χ0v) is 19.7. The molecule has 2 heterocycles. The number of fused-ring (bicyclic) bond motifs is 1. The van der Waals surface area contributed by atoms with Gasteiger partial charge in [0.25, 0.3) is 6.43 Å². The Morgan fingerprint density at radius 2 is 2.00 bits per heavy atom. The number of hydrogen-bond donors (Lipinski definition) is 2. The van der Waals surface area contributed by atoms with Crippen molar-refractivity contribution in [3.63, 3.8) is 0 Å². The van der Waals surface area contributed by atoms with E-state index in [-0.39, 0.29) is 34.8 Å². The number of nitrogens with zero attached hydrogens (tertiary/aromatic N) is 2. The van der Waals surface area contributed by atoms with Crippen molar-refractivity contribution in [2.75, 3.05) is 11.9 Å². The van der Waals surface area contributed by atoms with E-state index in [1.165, 1.54) is 13.8 Å². The number of allylic oxidation sites excluding steroid dienone is 4. The van der Waals surface area contributed by atoms with Gasteiger partial charge in [-0.1, -0.05) is 19.1 Å². The average Bonchev–Trinajstić information content (AvgIpc) is 2.80. The van der Waals surface area contributed by atoms with Crippen LogP contribution in [0, 0.1) is 5.92 Å². The van der Waals surface area contributed by atoms with Gasteiger partial charge < -0.3 is 15.5 Å². The summed E-state index contributed by atoms with van der Waals surface area (Å²) in [5, 5.41) is 5.29. The number of aryl methyl sites for hydroxylation is 1. The van der Waals surface area contributed by atoms with E-state index in [0.29, 0.717) is 25.8 Å². The summed E-state index contributed by atoms with van der Waals surface area (Å²) < 4.78 is 26.6. The molecule has 7 nitrogen and oxygen atoms in total. The smallest absolute Gasteiger partial charge is 0.313 e. The van der Waals surface area contributed by atoms with E-state index in [4.69, 9.17) is 0 Å². The molecule has 3 rings (SSSR count). The number of likely N-dealkylation sites (tertiary alicyclic amines) is 1. The largest absolute Gasteiger partial charge is 0.327 e. The zero-order valence-electron chi connectivity index (χ0n) is 19.7. The number of benzene rings is 1. The van der Waals surface area contributed by atoms with E-state index in [1.807, 2.05) is 25.1 Å². The fourth-order valence-corrected chi connectivity index (χ4v) is 4.38. The number of piperidine rings is 1. The number of hydrogen-bond acceptors (Lipinski definition) is 4. The summed E-state index contributed by atoms with van der Waals surface area (Å²) >= 11 is 0. The number of alkyl halides is 2. The van der Waals surface area contributed by atoms with Gasteiger partial charge in [0.15, 0.2) is 0 Å². The first kappa shape index (κ1) is 25.3. The Hall–Kier alpha value is -3.36. The third-order valence-corrected chi connectivity index (χ3v) is 6.25. The SMILES string of the molecule is C=N/C(C)=C(\C=C(/C)NC(=O)C(=O)N1C[C@H](C)CC[C@H]1c1ccc2c(c1)CCC(=O)N2)C(F)F. The van der Waals surface area contributed by atoms with Gasteiger partial charge in [-0.15, -0.1) is 0 Å². The molecule has 0 saturated carbocycles. The van der Waals surface area contributed by atoms with E-state index < -0.39 is 18.2 Å². The second-order valence-corrected chi connectivity index (χ2v) is 8.90. The standard InChI is InChI=1S/C25H30F2N4O3/c1-14-5-9-21(18-6-8-20-17(12-18)7-10-22(32)30-20)31(13-14)25(34)24(33)29-15(2)11-19(23(26)27)16(3)28-4/h6,8,11-12,14,21,23H,4-5,7,9-10,13H2,1-3H3,(H,29,33)(H,30,32)/b15-11+,19-16+/t14-,21+/m1/s1. The molecule has 182 valence electrons. The zero-order chi connectivity index (χ0) is 25.0. The highest BCUT2D eigenvalue weighted by Crippen LogP contribution is 2.36. The molecule has 1 saturated heterocycles. The van der Waals surface area contributed by atoms with E-state index in [0.717, 1.165) is 29.3 Å². The predicted octanol–water partition coefficient (Wildman–Crippen LogP) is 4.13. The van der Waals surface area contributed by atoms with E-state index in [9.17, 15) is 23.2 Å². The molecule has 9 heteroatoms. The molecule has 0 spiro atoms. The maximum atomic E-state index is 13.3. The molecule has 1 fully saturated rings. The Labute approximate surface area is 198 Å². The lowest BCUT2D eigenvalue weighted by atomic mass is 9.88. The molecule has 2 aliphatic rings. The van der Waals surface area contributed by atoms with Crippen molar-refractivity contribution in [1.82, 2.24) is 10.2 Å². The fraction of sp³-hybridized carbons (Fsp3) is 0.440. The minimum Gasteiger partial charge on any atom is -0.327 e. The fourth-order valence-electron chi connectivity index (χ4n) is 4.38. The lowest BCUT2D eigenvalue weighted by Gasteiger charge is -2.39. The number of amides is 3. The summed E-state index contributed by atoms with van der Waals surface area (Å²) in [5.74, 6) is -1.39. The van der Waals surface area contributed by atoms with Gasteiger partial charge in [0.05, 0.1) is 6.04 Å². The maximum Gasteiger partial charge on any atom is 0.313 e. The van der Waals surface area contributed by atoms with Crippen LogP contribution in [0.2, 0.25) is 0 Å². The van der Waals surface area contributed by atoms with Crippen LogP contribution < -0.4 is 10.6 Å². The van der Waals surface area contributed by atoms with Crippen LogP contribution in [0.15, 0.2) is 46.2 Å². The van der Waals surface area contributed by atoms with Crippen LogP contribution in [0.5, 0.6) is 0 Å². The maximum absolute atomic E-state index is 13.3. The molecule has 0 aromatic heterocycles. The quantitative estimate of drug-likeness (QED) is 0.384. The molecule has 2 N–H and O–H groups in total. The molecule has 1 aromatic rings. The molecule has 3 amide bonds. The van der Waals surface area contributed by atoms with Gasteiger partial charge in [-0.2, -0.15) is 0 Å². The number of aliphatic imine (C=N–C) groups is 1. The van der Waals surface area contributed by atoms with Crippen LogP contribution in [0.1, 0.15) is 57.2 Å².